The first-order valence-corrected chi connectivity index (χ1v) is 7.13. The normalized spacial score (nSPS) is 38.0. The van der Waals surface area contributed by atoms with Crippen molar-refractivity contribution >= 4 is 28.6 Å². The number of alkyl halides is 1. The van der Waals surface area contributed by atoms with Crippen LogP contribution in [0.1, 0.15) is 25.7 Å². The van der Waals surface area contributed by atoms with E-state index in [1.807, 2.05) is 0 Å². The summed E-state index contributed by atoms with van der Waals surface area (Å²) < 4.78 is 6.37. The molecule has 2 rings (SSSR count). The fourth-order valence-electron chi connectivity index (χ4n) is 2.77. The molecule has 1 spiro atoms. The smallest absolute Gasteiger partial charge is 0.306 e. The molecule has 2 fully saturated rings. The summed E-state index contributed by atoms with van der Waals surface area (Å²) in [7, 11) is 2.16. The van der Waals surface area contributed by atoms with Crippen LogP contribution in [0.5, 0.6) is 0 Å². The molecule has 2 aliphatic rings. The topological polar surface area (TPSA) is 29.5 Å². The van der Waals surface area contributed by atoms with Crippen LogP contribution in [0.15, 0.2) is 0 Å². The van der Waals surface area contributed by atoms with E-state index in [1.165, 1.54) is 6.42 Å². The minimum absolute atomic E-state index is 0.0150. The Balaban J connectivity index is 2.13. The Kier molecular flexibility index (Phi) is 3.55. The largest absolute Gasteiger partial charge is 0.461 e. The summed E-state index contributed by atoms with van der Waals surface area (Å²) in [6, 6.07) is 0. The van der Waals surface area contributed by atoms with Crippen LogP contribution in [0.4, 0.5) is 0 Å². The average molecular weight is 323 g/mol. The Morgan fingerprint density at radius 3 is 3.07 bits per heavy atom. The van der Waals surface area contributed by atoms with E-state index in [0.29, 0.717) is 6.42 Å². The Hall–Kier alpha value is 0.160. The van der Waals surface area contributed by atoms with E-state index in [-0.39, 0.29) is 17.5 Å². The third-order valence-electron chi connectivity index (χ3n) is 3.80. The van der Waals surface area contributed by atoms with Crippen molar-refractivity contribution in [1.82, 2.24) is 4.90 Å². The molecule has 0 saturated carbocycles. The van der Waals surface area contributed by atoms with Gasteiger partial charge >= 0.3 is 5.97 Å². The summed E-state index contributed by atoms with van der Waals surface area (Å²) in [6.45, 7) is 2.26. The standard InChI is InChI=1S/C11H18INO2/c1-13-5-2-3-11(4-6-13)7-10(14)15-9(11)8-12/h9H,2-8H2,1H3. The van der Waals surface area contributed by atoms with Gasteiger partial charge in [0.05, 0.1) is 6.42 Å². The van der Waals surface area contributed by atoms with Crippen molar-refractivity contribution in [3.8, 4) is 0 Å². The van der Waals surface area contributed by atoms with E-state index in [0.717, 1.165) is 30.4 Å². The molecule has 0 bridgehead atoms. The zero-order valence-electron chi connectivity index (χ0n) is 9.17. The molecule has 0 N–H and O–H groups in total. The summed E-state index contributed by atoms with van der Waals surface area (Å²) in [5.41, 5.74) is 0.156. The van der Waals surface area contributed by atoms with Crippen molar-refractivity contribution < 1.29 is 9.53 Å². The maximum atomic E-state index is 11.4. The van der Waals surface area contributed by atoms with Gasteiger partial charge in [-0.2, -0.15) is 0 Å². The van der Waals surface area contributed by atoms with E-state index >= 15 is 0 Å². The van der Waals surface area contributed by atoms with Gasteiger partial charge in [-0.25, -0.2) is 0 Å². The number of likely N-dealkylation sites (tertiary alicyclic amines) is 1. The van der Waals surface area contributed by atoms with Crippen LogP contribution < -0.4 is 0 Å². The molecule has 3 nitrogen and oxygen atoms in total. The van der Waals surface area contributed by atoms with Gasteiger partial charge in [-0.05, 0) is 39.4 Å². The van der Waals surface area contributed by atoms with Crippen molar-refractivity contribution in [3.63, 3.8) is 0 Å². The molecular formula is C11H18INO2. The number of hydrogen-bond acceptors (Lipinski definition) is 3. The number of hydrogen-bond donors (Lipinski definition) is 0. The monoisotopic (exact) mass is 323 g/mol. The predicted molar refractivity (Wildman–Crippen MR) is 67.2 cm³/mol. The summed E-state index contributed by atoms with van der Waals surface area (Å²) >= 11 is 2.34. The fourth-order valence-corrected chi connectivity index (χ4v) is 3.89. The van der Waals surface area contributed by atoms with Crippen molar-refractivity contribution in [1.29, 1.82) is 0 Å². The first kappa shape index (κ1) is 11.6. The van der Waals surface area contributed by atoms with Gasteiger partial charge in [0, 0.05) is 9.84 Å². The third-order valence-corrected chi connectivity index (χ3v) is 4.60. The number of halogens is 1. The highest BCUT2D eigenvalue weighted by Crippen LogP contribution is 2.45. The molecule has 2 saturated heterocycles. The molecule has 0 aliphatic carbocycles. The van der Waals surface area contributed by atoms with Gasteiger partial charge < -0.3 is 9.64 Å². The van der Waals surface area contributed by atoms with Gasteiger partial charge in [-0.1, -0.05) is 22.6 Å². The highest BCUT2D eigenvalue weighted by molar-refractivity contribution is 14.1. The van der Waals surface area contributed by atoms with E-state index in [9.17, 15) is 4.79 Å². The number of ether oxygens (including phenoxy) is 1. The third kappa shape index (κ3) is 2.30. The summed E-state index contributed by atoms with van der Waals surface area (Å²) in [5.74, 6) is 0.0150. The zero-order valence-corrected chi connectivity index (χ0v) is 11.3. The second kappa shape index (κ2) is 4.57. The van der Waals surface area contributed by atoms with Gasteiger partial charge in [0.2, 0.25) is 0 Å². The summed E-state index contributed by atoms with van der Waals surface area (Å²) in [5, 5.41) is 0. The summed E-state index contributed by atoms with van der Waals surface area (Å²) in [6.07, 6.45) is 4.27. The van der Waals surface area contributed by atoms with Gasteiger partial charge in [0.1, 0.15) is 6.10 Å². The maximum Gasteiger partial charge on any atom is 0.306 e. The molecule has 2 unspecified atom stereocenters. The van der Waals surface area contributed by atoms with Crippen LogP contribution in [0, 0.1) is 5.41 Å². The van der Waals surface area contributed by atoms with Crippen LogP contribution in [-0.4, -0.2) is 41.5 Å². The first-order valence-electron chi connectivity index (χ1n) is 5.60. The van der Waals surface area contributed by atoms with Crippen LogP contribution in [0.25, 0.3) is 0 Å². The Labute approximate surface area is 105 Å². The molecule has 0 aromatic heterocycles. The minimum Gasteiger partial charge on any atom is -0.461 e. The Morgan fingerprint density at radius 1 is 1.53 bits per heavy atom. The molecule has 0 radical (unpaired) electrons. The fraction of sp³-hybridized carbons (Fsp3) is 0.909. The van der Waals surface area contributed by atoms with Crippen molar-refractivity contribution in [3.05, 3.63) is 0 Å². The number of nitrogens with zero attached hydrogens (tertiary/aromatic N) is 1. The van der Waals surface area contributed by atoms with Crippen molar-refractivity contribution in [2.45, 2.75) is 31.8 Å². The van der Waals surface area contributed by atoms with E-state index in [2.05, 4.69) is 34.5 Å². The highest BCUT2D eigenvalue weighted by Gasteiger charge is 2.48. The number of carbonyl (C=O) groups is 1. The molecule has 86 valence electrons. The Morgan fingerprint density at radius 2 is 2.33 bits per heavy atom. The van der Waals surface area contributed by atoms with Crippen LogP contribution in [0.2, 0.25) is 0 Å². The lowest BCUT2D eigenvalue weighted by atomic mass is 9.75. The maximum absolute atomic E-state index is 11.4. The van der Waals surface area contributed by atoms with Gasteiger partial charge in [-0.15, -0.1) is 0 Å². The predicted octanol–water partition coefficient (Wildman–Crippen LogP) is 1.84. The molecule has 4 heteroatoms. The number of rotatable bonds is 1. The first-order chi connectivity index (χ1) is 7.16. The second-order valence-electron chi connectivity index (χ2n) is 4.83. The van der Waals surface area contributed by atoms with Crippen LogP contribution in [-0.2, 0) is 9.53 Å². The van der Waals surface area contributed by atoms with Gasteiger partial charge in [0.25, 0.3) is 0 Å². The SMILES string of the molecule is CN1CCCC2(CC1)CC(=O)OC2CI. The van der Waals surface area contributed by atoms with Crippen molar-refractivity contribution in [2.75, 3.05) is 24.6 Å². The minimum atomic E-state index is 0.0150. The number of cyclic esters (lactones) is 1. The molecule has 2 heterocycles. The summed E-state index contributed by atoms with van der Waals surface area (Å²) in [4.78, 5) is 13.8. The zero-order chi connectivity index (χ0) is 10.9. The van der Waals surface area contributed by atoms with E-state index in [1.54, 1.807) is 0 Å². The lowest BCUT2D eigenvalue weighted by Crippen LogP contribution is -2.33. The quantitative estimate of drug-likeness (QED) is 0.419. The average Bonchev–Trinajstić information content (AvgIpc) is 2.40. The van der Waals surface area contributed by atoms with Crippen molar-refractivity contribution in [2.24, 2.45) is 5.41 Å². The van der Waals surface area contributed by atoms with Crippen LogP contribution in [0.3, 0.4) is 0 Å². The van der Waals surface area contributed by atoms with Crippen LogP contribution >= 0.6 is 22.6 Å². The lowest BCUT2D eigenvalue weighted by molar-refractivity contribution is -0.140. The second-order valence-corrected chi connectivity index (χ2v) is 5.71. The molecule has 0 aromatic carbocycles. The van der Waals surface area contributed by atoms with Gasteiger partial charge in [0.15, 0.2) is 0 Å². The number of esters is 1. The Bertz CT molecular complexity index is 259. The van der Waals surface area contributed by atoms with Gasteiger partial charge in [-0.3, -0.25) is 4.79 Å². The molecule has 0 aromatic rings. The molecule has 0 amide bonds. The highest BCUT2D eigenvalue weighted by atomic mass is 127. The molecular weight excluding hydrogens is 305 g/mol. The molecule has 2 aliphatic heterocycles. The molecule has 2 atom stereocenters. The number of carbonyl (C=O) groups excluding carboxylic acids is 1. The lowest BCUT2D eigenvalue weighted by Gasteiger charge is -2.30. The molecule has 15 heavy (non-hydrogen) atoms. The van der Waals surface area contributed by atoms with E-state index in [4.69, 9.17) is 4.74 Å². The van der Waals surface area contributed by atoms with E-state index < -0.39 is 0 Å².